The van der Waals surface area contributed by atoms with E-state index in [-0.39, 0.29) is 23.7 Å². The Bertz CT molecular complexity index is 3270. The molecular weight excluding hydrogens is 1080 g/mol. The molecule has 0 unspecified atom stereocenters. The Morgan fingerprint density at radius 2 is 1.04 bits per heavy atom. The number of nitrogens with zero attached hydrogens (tertiary/aromatic N) is 1. The van der Waals surface area contributed by atoms with Crippen LogP contribution in [0.2, 0.25) is 0 Å². The molecule has 0 aromatic heterocycles. The van der Waals surface area contributed by atoms with Crippen molar-refractivity contribution in [2.45, 2.75) is 62.5 Å². The van der Waals surface area contributed by atoms with Crippen LogP contribution in [0.5, 0.6) is 11.5 Å². The van der Waals surface area contributed by atoms with Gasteiger partial charge in [-0.15, -0.1) is 23.5 Å². The Morgan fingerprint density at radius 1 is 0.571 bits per heavy atom. The summed E-state index contributed by atoms with van der Waals surface area (Å²) in [4.78, 5) is 30.8. The zero-order valence-corrected chi connectivity index (χ0v) is 50.1. The molecule has 0 saturated heterocycles. The molecule has 9 aromatic rings. The van der Waals surface area contributed by atoms with Crippen molar-refractivity contribution in [3.8, 4) is 22.6 Å². The highest BCUT2D eigenvalue weighted by Gasteiger charge is 2.38. The van der Waals surface area contributed by atoms with E-state index in [0.717, 1.165) is 30.4 Å². The van der Waals surface area contributed by atoms with Crippen molar-refractivity contribution in [2.75, 3.05) is 44.3 Å². The average molecular weight is 1150 g/mol. The van der Waals surface area contributed by atoms with Crippen LogP contribution in [0.4, 0.5) is 4.39 Å². The van der Waals surface area contributed by atoms with E-state index < -0.39 is 15.5 Å². The molecular formula is C74H76FN3O4S2. The van der Waals surface area contributed by atoms with Crippen LogP contribution in [0.3, 0.4) is 0 Å². The first-order valence-corrected chi connectivity index (χ1v) is 31.2. The second-order valence-corrected chi connectivity index (χ2v) is 24.5. The van der Waals surface area contributed by atoms with Crippen molar-refractivity contribution < 1.29 is 23.5 Å². The Kier molecular flexibility index (Phi) is 21.5. The molecule has 0 spiro atoms. The molecule has 0 radical (unpaired) electrons. The van der Waals surface area contributed by atoms with E-state index in [1.807, 2.05) is 59.9 Å². The fraction of sp³-hybridized carbons (Fsp3) is 0.243. The minimum atomic E-state index is -0.540. The van der Waals surface area contributed by atoms with Crippen LogP contribution < -0.4 is 20.5 Å². The number of nitrogens with two attached hydrogens (primary N) is 1. The molecule has 9 rings (SSSR count). The van der Waals surface area contributed by atoms with Crippen LogP contribution in [0, 0.1) is 11.2 Å². The fourth-order valence-electron chi connectivity index (χ4n) is 10.8. The first kappa shape index (κ1) is 60.8. The van der Waals surface area contributed by atoms with Gasteiger partial charge in [-0.25, -0.2) is 9.18 Å². The summed E-state index contributed by atoms with van der Waals surface area (Å²) >= 11 is 3.68. The number of rotatable bonds is 29. The number of thioether (sulfide) groups is 2. The zero-order chi connectivity index (χ0) is 58.6. The lowest BCUT2D eigenvalue weighted by Crippen LogP contribution is -2.39. The first-order valence-electron chi connectivity index (χ1n) is 29.2. The highest BCUT2D eigenvalue weighted by Crippen LogP contribution is 2.50. The van der Waals surface area contributed by atoms with E-state index in [9.17, 15) is 14.0 Å². The number of unbranched alkanes of at least 4 members (excludes halogenated alkanes) is 1. The van der Waals surface area contributed by atoms with Crippen molar-refractivity contribution in [2.24, 2.45) is 11.1 Å². The first-order chi connectivity index (χ1) is 41.0. The minimum Gasteiger partial charge on any atom is -0.493 e. The molecule has 0 bridgehead atoms. The van der Waals surface area contributed by atoms with Crippen LogP contribution in [-0.2, 0) is 27.3 Å². The Morgan fingerprint density at radius 3 is 1.49 bits per heavy atom. The highest BCUT2D eigenvalue weighted by atomic mass is 32.2. The summed E-state index contributed by atoms with van der Waals surface area (Å²) in [5, 5.41) is 3.31. The van der Waals surface area contributed by atoms with Crippen molar-refractivity contribution in [3.05, 3.63) is 299 Å². The van der Waals surface area contributed by atoms with E-state index in [1.165, 1.54) is 45.5 Å². The molecule has 0 atom stereocenters. The van der Waals surface area contributed by atoms with Crippen molar-refractivity contribution in [3.63, 3.8) is 0 Å². The molecule has 84 heavy (non-hydrogen) atoms. The van der Waals surface area contributed by atoms with E-state index in [0.29, 0.717) is 78.9 Å². The van der Waals surface area contributed by atoms with E-state index in [1.54, 1.807) is 30.3 Å². The second-order valence-electron chi connectivity index (χ2n) is 21.9. The molecule has 0 aliphatic carbocycles. The Hall–Kier alpha value is -7.73. The predicted molar refractivity (Wildman–Crippen MR) is 346 cm³/mol. The van der Waals surface area contributed by atoms with Crippen molar-refractivity contribution in [1.29, 1.82) is 0 Å². The number of carbonyl (C=O) groups excluding carboxylic acids is 2. The van der Waals surface area contributed by atoms with Gasteiger partial charge in [0.05, 0.1) is 28.2 Å². The number of esters is 1. The minimum absolute atomic E-state index is 0.0623. The maximum absolute atomic E-state index is 14.4. The summed E-state index contributed by atoms with van der Waals surface area (Å²) in [6, 6.07) is 81.2. The smallest absolute Gasteiger partial charge is 0.343 e. The summed E-state index contributed by atoms with van der Waals surface area (Å²) < 4.78 is 25.8. The number of carbonyl (C=O) groups is 2. The third kappa shape index (κ3) is 15.3. The predicted octanol–water partition coefficient (Wildman–Crippen LogP) is 16.2. The molecule has 0 aliphatic rings. The van der Waals surface area contributed by atoms with Crippen LogP contribution in [-0.4, -0.2) is 61.1 Å². The number of aryl methyl sites for hydroxylation is 1. The lowest BCUT2D eigenvalue weighted by atomic mass is 9.84. The molecule has 0 heterocycles. The molecule has 3 N–H and O–H groups in total. The quantitative estimate of drug-likeness (QED) is 0.0207. The molecule has 0 saturated carbocycles. The second kappa shape index (κ2) is 29.7. The highest BCUT2D eigenvalue weighted by molar-refractivity contribution is 8.00. The van der Waals surface area contributed by atoms with Crippen molar-refractivity contribution in [1.82, 2.24) is 10.2 Å². The number of hydrogen-bond donors (Lipinski definition) is 2. The number of ether oxygens (including phenoxy) is 2. The van der Waals surface area contributed by atoms with Gasteiger partial charge in [-0.3, -0.25) is 9.69 Å². The van der Waals surface area contributed by atoms with Gasteiger partial charge in [0.1, 0.15) is 17.3 Å². The van der Waals surface area contributed by atoms with Crippen molar-refractivity contribution >= 4 is 35.4 Å². The number of amides is 1. The molecule has 0 fully saturated rings. The standard InChI is InChI=1S/C74H76FN3O4S2/c1-4-57-51-67(58-41-43-66(75)44-42-58)69(52-68(57)81-48-24-23-45-72(2,3)55-76)82-71(80)59-39-37-56(38-40-59)53-78(47-50-84-74(63-31-17-8-18-32-63,64-33-19-9-20-34-64)65-35-21-10-22-36-65)54-70(79)77-46-49-83-73(60-25-11-5-12-26-60,61-27-13-6-14-28-61)62-29-15-7-16-30-62/h5-22,25-44,51-52H,4,23-24,45-50,53-55,76H2,1-3H3,(H,77,79). The summed E-state index contributed by atoms with van der Waals surface area (Å²) in [7, 11) is 0. The number of nitrogens with one attached hydrogen (secondary N) is 1. The Balaban J connectivity index is 0.954. The Labute approximate surface area is 505 Å². The third-order valence-electron chi connectivity index (χ3n) is 15.5. The fourth-order valence-corrected chi connectivity index (χ4v) is 13.8. The summed E-state index contributed by atoms with van der Waals surface area (Å²) in [5.74, 6) is 1.34. The van der Waals surface area contributed by atoms with Gasteiger partial charge < -0.3 is 20.5 Å². The lowest BCUT2D eigenvalue weighted by molar-refractivity contribution is -0.122. The number of benzene rings is 9. The summed E-state index contributed by atoms with van der Waals surface area (Å²) in [5.41, 5.74) is 16.7. The molecule has 430 valence electrons. The largest absolute Gasteiger partial charge is 0.493 e. The molecule has 0 aliphatic heterocycles. The van der Waals surface area contributed by atoms with Crippen LogP contribution in [0.25, 0.3) is 11.1 Å². The maximum Gasteiger partial charge on any atom is 0.343 e. The zero-order valence-electron chi connectivity index (χ0n) is 48.4. The van der Waals surface area contributed by atoms with E-state index in [4.69, 9.17) is 15.2 Å². The van der Waals surface area contributed by atoms with Gasteiger partial charge in [0.25, 0.3) is 0 Å². The summed E-state index contributed by atoms with van der Waals surface area (Å²) in [6.07, 6.45) is 3.50. The monoisotopic (exact) mass is 1150 g/mol. The van der Waals surface area contributed by atoms with Gasteiger partial charge in [-0.05, 0) is 118 Å². The molecule has 7 nitrogen and oxygen atoms in total. The van der Waals surface area contributed by atoms with E-state index in [2.05, 4.69) is 195 Å². The van der Waals surface area contributed by atoms with Gasteiger partial charge in [0.2, 0.25) is 5.91 Å². The molecule has 1 amide bonds. The van der Waals surface area contributed by atoms with E-state index >= 15 is 0 Å². The summed E-state index contributed by atoms with van der Waals surface area (Å²) in [6.45, 7) is 9.18. The van der Waals surface area contributed by atoms with Crippen LogP contribution in [0.15, 0.2) is 243 Å². The molecule has 9 aromatic carbocycles. The van der Waals surface area contributed by atoms with Gasteiger partial charge in [-0.2, -0.15) is 0 Å². The average Bonchev–Trinajstić information content (AvgIpc) is 2.61. The SMILES string of the molecule is CCc1cc(-c2ccc(F)cc2)c(OC(=O)c2ccc(CN(CCSC(c3ccccc3)(c3ccccc3)c3ccccc3)CC(=O)NCCSC(c3ccccc3)(c3ccccc3)c3ccccc3)cc2)cc1OCCCCC(C)(C)CN. The van der Waals surface area contributed by atoms with Crippen LogP contribution >= 0.6 is 23.5 Å². The van der Waals surface area contributed by atoms with Crippen LogP contribution in [0.1, 0.15) is 94.9 Å². The lowest BCUT2D eigenvalue weighted by Gasteiger charge is -2.36. The third-order valence-corrected chi connectivity index (χ3v) is 18.5. The maximum atomic E-state index is 14.4. The normalized spacial score (nSPS) is 11.8. The van der Waals surface area contributed by atoms with Gasteiger partial charge in [0, 0.05) is 42.8 Å². The topological polar surface area (TPSA) is 93.9 Å². The number of hydrogen-bond acceptors (Lipinski definition) is 8. The van der Waals surface area contributed by atoms with Gasteiger partial charge in [0.15, 0.2) is 0 Å². The number of halogens is 1. The van der Waals surface area contributed by atoms with Gasteiger partial charge >= 0.3 is 5.97 Å². The van der Waals surface area contributed by atoms with Gasteiger partial charge in [-0.1, -0.05) is 227 Å². The molecule has 10 heteroatoms.